The van der Waals surface area contributed by atoms with Crippen molar-refractivity contribution >= 4 is 5.91 Å². The van der Waals surface area contributed by atoms with Crippen LogP contribution in [0.15, 0.2) is 12.1 Å². The summed E-state index contributed by atoms with van der Waals surface area (Å²) in [5.41, 5.74) is 5.07. The third-order valence-electron chi connectivity index (χ3n) is 3.19. The average molecular weight is 235 g/mol. The van der Waals surface area contributed by atoms with Gasteiger partial charge in [0.1, 0.15) is 0 Å². The van der Waals surface area contributed by atoms with Crippen molar-refractivity contribution in [2.45, 2.75) is 33.6 Å². The van der Waals surface area contributed by atoms with Gasteiger partial charge in [-0.2, -0.15) is 0 Å². The first kappa shape index (κ1) is 13.7. The van der Waals surface area contributed by atoms with Gasteiger partial charge in [0, 0.05) is 13.5 Å². The summed E-state index contributed by atoms with van der Waals surface area (Å²) in [5, 5.41) is 1.27. The maximum absolute atomic E-state index is 11.6. The Bertz CT molecular complexity index is 413. The number of carbonyl (C=O) groups excluding carboxylic acids is 1. The number of rotatable bonds is 4. The molecular weight excluding hydrogens is 214 g/mol. The van der Waals surface area contributed by atoms with Crippen molar-refractivity contribution in [3.8, 4) is 0 Å². The van der Waals surface area contributed by atoms with Gasteiger partial charge >= 0.3 is 0 Å². The molecule has 0 aliphatic carbocycles. The molecule has 0 unspecified atom stereocenters. The summed E-state index contributed by atoms with van der Waals surface area (Å²) < 4.78 is 0. The highest BCUT2D eigenvalue weighted by Gasteiger charge is 2.09. The van der Waals surface area contributed by atoms with Crippen molar-refractivity contribution in [1.82, 2.24) is 5.06 Å². The second-order valence-corrected chi connectivity index (χ2v) is 4.44. The Labute approximate surface area is 103 Å². The Balaban J connectivity index is 2.70. The third-order valence-corrected chi connectivity index (χ3v) is 3.19. The quantitative estimate of drug-likeness (QED) is 0.751. The molecule has 0 N–H and O–H groups in total. The minimum absolute atomic E-state index is 0.00475. The fourth-order valence-corrected chi connectivity index (χ4v) is 1.79. The van der Waals surface area contributed by atoms with Crippen molar-refractivity contribution < 1.29 is 9.63 Å². The first-order valence-corrected chi connectivity index (χ1v) is 5.83. The third kappa shape index (κ3) is 3.56. The van der Waals surface area contributed by atoms with Crippen LogP contribution < -0.4 is 0 Å². The first-order chi connectivity index (χ1) is 7.95. The SMILES string of the molecule is CON(C)C(=O)CCc1cc(C)c(C)cc1C. The molecule has 1 aromatic rings. The number of hydroxylamine groups is 2. The lowest BCUT2D eigenvalue weighted by Crippen LogP contribution is -2.25. The number of carbonyl (C=O) groups is 1. The fourth-order valence-electron chi connectivity index (χ4n) is 1.79. The molecule has 0 saturated carbocycles. The smallest absolute Gasteiger partial charge is 0.246 e. The number of nitrogens with zero attached hydrogens (tertiary/aromatic N) is 1. The van der Waals surface area contributed by atoms with E-state index >= 15 is 0 Å². The molecule has 0 bridgehead atoms. The van der Waals surface area contributed by atoms with E-state index in [1.54, 1.807) is 7.05 Å². The molecule has 1 rings (SSSR count). The largest absolute Gasteiger partial charge is 0.275 e. The van der Waals surface area contributed by atoms with E-state index in [-0.39, 0.29) is 5.91 Å². The zero-order valence-electron chi connectivity index (χ0n) is 11.3. The highest BCUT2D eigenvalue weighted by atomic mass is 16.7. The molecule has 0 atom stereocenters. The van der Waals surface area contributed by atoms with E-state index in [2.05, 4.69) is 32.9 Å². The Morgan fingerprint density at radius 1 is 1.18 bits per heavy atom. The van der Waals surface area contributed by atoms with E-state index in [1.165, 1.54) is 34.4 Å². The number of amides is 1. The molecule has 17 heavy (non-hydrogen) atoms. The molecule has 3 heteroatoms. The van der Waals surface area contributed by atoms with Crippen LogP contribution in [-0.2, 0) is 16.1 Å². The monoisotopic (exact) mass is 235 g/mol. The molecule has 0 aliphatic rings. The molecule has 0 heterocycles. The second-order valence-electron chi connectivity index (χ2n) is 4.44. The van der Waals surface area contributed by atoms with Crippen LogP contribution in [0.25, 0.3) is 0 Å². The predicted molar refractivity (Wildman–Crippen MR) is 68.8 cm³/mol. The summed E-state index contributed by atoms with van der Waals surface area (Å²) in [5.74, 6) is 0.00475. The molecule has 0 spiro atoms. The lowest BCUT2D eigenvalue weighted by molar-refractivity contribution is -0.168. The molecule has 0 fully saturated rings. The van der Waals surface area contributed by atoms with Crippen LogP contribution in [0.2, 0.25) is 0 Å². The number of benzene rings is 1. The predicted octanol–water partition coefficient (Wildman–Crippen LogP) is 2.56. The van der Waals surface area contributed by atoms with Gasteiger partial charge in [-0.3, -0.25) is 9.63 Å². The summed E-state index contributed by atoms with van der Waals surface area (Å²) >= 11 is 0. The van der Waals surface area contributed by atoms with Gasteiger partial charge in [-0.25, -0.2) is 5.06 Å². The standard InChI is InChI=1S/C14H21NO2/c1-10-8-12(3)13(9-11(10)2)6-7-14(16)15(4)17-5/h8-9H,6-7H2,1-5H3. The average Bonchev–Trinajstić information content (AvgIpc) is 2.30. The molecule has 1 amide bonds. The second kappa shape index (κ2) is 5.82. The molecule has 0 radical (unpaired) electrons. The Morgan fingerprint density at radius 2 is 1.76 bits per heavy atom. The molecule has 1 aromatic carbocycles. The Morgan fingerprint density at radius 3 is 2.35 bits per heavy atom. The van der Waals surface area contributed by atoms with Crippen LogP contribution in [0.3, 0.4) is 0 Å². The van der Waals surface area contributed by atoms with E-state index in [4.69, 9.17) is 4.84 Å². The fraction of sp³-hybridized carbons (Fsp3) is 0.500. The van der Waals surface area contributed by atoms with E-state index in [1.807, 2.05) is 0 Å². The van der Waals surface area contributed by atoms with E-state index in [0.717, 1.165) is 6.42 Å². The van der Waals surface area contributed by atoms with E-state index in [9.17, 15) is 4.79 Å². The molecule has 0 saturated heterocycles. The van der Waals surface area contributed by atoms with Crippen LogP contribution in [0.4, 0.5) is 0 Å². The van der Waals surface area contributed by atoms with Gasteiger partial charge in [-0.05, 0) is 49.4 Å². The van der Waals surface area contributed by atoms with Crippen molar-refractivity contribution in [3.63, 3.8) is 0 Å². The summed E-state index contributed by atoms with van der Waals surface area (Å²) in [6.45, 7) is 6.30. The first-order valence-electron chi connectivity index (χ1n) is 5.83. The summed E-state index contributed by atoms with van der Waals surface area (Å²) in [6, 6.07) is 4.35. The minimum Gasteiger partial charge on any atom is -0.275 e. The van der Waals surface area contributed by atoms with Crippen LogP contribution in [0.1, 0.15) is 28.7 Å². The van der Waals surface area contributed by atoms with Gasteiger partial charge in [0.05, 0.1) is 7.11 Å². The van der Waals surface area contributed by atoms with Gasteiger partial charge in [0.2, 0.25) is 5.91 Å². The van der Waals surface area contributed by atoms with Crippen LogP contribution in [-0.4, -0.2) is 25.1 Å². The van der Waals surface area contributed by atoms with E-state index < -0.39 is 0 Å². The van der Waals surface area contributed by atoms with Crippen LogP contribution in [0, 0.1) is 20.8 Å². The number of aryl methyl sites for hydroxylation is 4. The van der Waals surface area contributed by atoms with Crippen molar-refractivity contribution in [3.05, 3.63) is 34.4 Å². The molecular formula is C14H21NO2. The van der Waals surface area contributed by atoms with Crippen LogP contribution in [0.5, 0.6) is 0 Å². The molecule has 0 aromatic heterocycles. The van der Waals surface area contributed by atoms with Gasteiger partial charge in [-0.1, -0.05) is 12.1 Å². The van der Waals surface area contributed by atoms with Gasteiger partial charge < -0.3 is 0 Å². The highest BCUT2D eigenvalue weighted by molar-refractivity contribution is 5.75. The zero-order chi connectivity index (χ0) is 13.0. The lowest BCUT2D eigenvalue weighted by atomic mass is 9.98. The Hall–Kier alpha value is -1.35. The van der Waals surface area contributed by atoms with Gasteiger partial charge in [0.15, 0.2) is 0 Å². The normalized spacial score (nSPS) is 10.4. The zero-order valence-corrected chi connectivity index (χ0v) is 11.3. The topological polar surface area (TPSA) is 29.5 Å². The summed E-state index contributed by atoms with van der Waals surface area (Å²) in [4.78, 5) is 16.5. The molecule has 0 aliphatic heterocycles. The van der Waals surface area contributed by atoms with Crippen molar-refractivity contribution in [1.29, 1.82) is 0 Å². The maximum atomic E-state index is 11.6. The summed E-state index contributed by atoms with van der Waals surface area (Å²) in [6.07, 6.45) is 1.24. The highest BCUT2D eigenvalue weighted by Crippen LogP contribution is 2.17. The number of hydrogen-bond acceptors (Lipinski definition) is 2. The molecule has 94 valence electrons. The van der Waals surface area contributed by atoms with Gasteiger partial charge in [0.25, 0.3) is 0 Å². The Kier molecular flexibility index (Phi) is 4.70. The maximum Gasteiger partial charge on any atom is 0.246 e. The molecule has 3 nitrogen and oxygen atoms in total. The van der Waals surface area contributed by atoms with Crippen LogP contribution >= 0.6 is 0 Å². The van der Waals surface area contributed by atoms with Crippen molar-refractivity contribution in [2.75, 3.05) is 14.2 Å². The minimum atomic E-state index is 0.00475. The number of hydrogen-bond donors (Lipinski definition) is 0. The van der Waals surface area contributed by atoms with Gasteiger partial charge in [-0.15, -0.1) is 0 Å². The summed E-state index contributed by atoms with van der Waals surface area (Å²) in [7, 11) is 3.13. The lowest BCUT2D eigenvalue weighted by Gasteiger charge is -2.14. The van der Waals surface area contributed by atoms with E-state index in [0.29, 0.717) is 6.42 Å². The van der Waals surface area contributed by atoms with Crippen molar-refractivity contribution in [2.24, 2.45) is 0 Å².